The van der Waals surface area contributed by atoms with Gasteiger partial charge in [-0.15, -0.1) is 11.3 Å². The molecule has 0 spiro atoms. The predicted molar refractivity (Wildman–Crippen MR) is 85.3 cm³/mol. The van der Waals surface area contributed by atoms with Crippen LogP contribution in [-0.2, 0) is 0 Å². The van der Waals surface area contributed by atoms with Crippen LogP contribution in [-0.4, -0.2) is 23.0 Å². The van der Waals surface area contributed by atoms with Crippen molar-refractivity contribution in [3.05, 3.63) is 41.4 Å². The fraction of sp³-hybridized carbons (Fsp3) is 0.375. The van der Waals surface area contributed by atoms with Crippen LogP contribution in [0.2, 0.25) is 0 Å². The summed E-state index contributed by atoms with van der Waals surface area (Å²) in [5.74, 6) is -0.110. The molecule has 1 amide bonds. The number of nitrogens with two attached hydrogens (primary N) is 1. The molecule has 1 saturated carbocycles. The van der Waals surface area contributed by atoms with Gasteiger partial charge in [0.15, 0.2) is 0 Å². The summed E-state index contributed by atoms with van der Waals surface area (Å²) in [5.41, 5.74) is 7.15. The Bertz CT molecular complexity index is 617. The number of thiazole rings is 1. The fourth-order valence-electron chi connectivity index (χ4n) is 2.83. The van der Waals surface area contributed by atoms with Crippen LogP contribution in [0.25, 0.3) is 10.6 Å². The average Bonchev–Trinajstić information content (AvgIpc) is 3.18. The third kappa shape index (κ3) is 2.99. The number of hydrogen-bond acceptors (Lipinski definition) is 4. The number of amides is 1. The smallest absolute Gasteiger partial charge is 0.271 e. The van der Waals surface area contributed by atoms with Crippen LogP contribution in [0.1, 0.15) is 36.2 Å². The Kier molecular flexibility index (Phi) is 4.03. The standard InChI is InChI=1S/C16H19N3OS/c17-11-16(8-4-5-9-16)19-14(20)13-10-21-15(18-13)12-6-2-1-3-7-12/h1-3,6-7,10H,4-5,8-9,11,17H2,(H,19,20). The number of benzene rings is 1. The minimum Gasteiger partial charge on any atom is -0.344 e. The lowest BCUT2D eigenvalue weighted by Gasteiger charge is -2.28. The van der Waals surface area contributed by atoms with E-state index in [9.17, 15) is 4.79 Å². The van der Waals surface area contributed by atoms with Crippen LogP contribution in [0.5, 0.6) is 0 Å². The van der Waals surface area contributed by atoms with Crippen LogP contribution in [0.3, 0.4) is 0 Å². The zero-order valence-electron chi connectivity index (χ0n) is 11.8. The van der Waals surface area contributed by atoms with Crippen molar-refractivity contribution in [2.75, 3.05) is 6.54 Å². The Balaban J connectivity index is 1.75. The molecule has 0 radical (unpaired) electrons. The second kappa shape index (κ2) is 5.95. The molecule has 1 heterocycles. The van der Waals surface area contributed by atoms with E-state index in [1.165, 1.54) is 11.3 Å². The van der Waals surface area contributed by atoms with Crippen LogP contribution in [0.4, 0.5) is 0 Å². The molecule has 0 aliphatic heterocycles. The number of hydrogen-bond donors (Lipinski definition) is 2. The minimum absolute atomic E-state index is 0.110. The molecule has 1 aliphatic carbocycles. The molecule has 1 aromatic heterocycles. The summed E-state index contributed by atoms with van der Waals surface area (Å²) in [6.07, 6.45) is 4.18. The van der Waals surface area contributed by atoms with Crippen molar-refractivity contribution in [2.24, 2.45) is 5.73 Å². The molecule has 1 fully saturated rings. The highest BCUT2D eigenvalue weighted by Gasteiger charge is 2.34. The molecule has 2 aromatic rings. The summed E-state index contributed by atoms with van der Waals surface area (Å²) in [4.78, 5) is 16.8. The van der Waals surface area contributed by atoms with E-state index in [4.69, 9.17) is 5.73 Å². The highest BCUT2D eigenvalue weighted by Crippen LogP contribution is 2.29. The van der Waals surface area contributed by atoms with E-state index >= 15 is 0 Å². The lowest BCUT2D eigenvalue weighted by atomic mass is 9.98. The summed E-state index contributed by atoms with van der Waals surface area (Å²) in [7, 11) is 0. The largest absolute Gasteiger partial charge is 0.344 e. The molecular formula is C16H19N3OS. The number of nitrogens with zero attached hydrogens (tertiary/aromatic N) is 1. The van der Waals surface area contributed by atoms with Crippen molar-refractivity contribution >= 4 is 17.2 Å². The minimum atomic E-state index is -0.229. The molecule has 0 bridgehead atoms. The van der Waals surface area contributed by atoms with E-state index in [2.05, 4.69) is 10.3 Å². The first kappa shape index (κ1) is 14.2. The molecule has 21 heavy (non-hydrogen) atoms. The van der Waals surface area contributed by atoms with E-state index in [1.807, 2.05) is 35.7 Å². The number of carbonyl (C=O) groups is 1. The van der Waals surface area contributed by atoms with Gasteiger partial charge >= 0.3 is 0 Å². The van der Waals surface area contributed by atoms with Crippen LogP contribution in [0, 0.1) is 0 Å². The molecule has 0 saturated heterocycles. The Morgan fingerprint density at radius 1 is 1.29 bits per heavy atom. The molecule has 0 unspecified atom stereocenters. The van der Waals surface area contributed by atoms with Crippen LogP contribution < -0.4 is 11.1 Å². The maximum atomic E-state index is 12.4. The summed E-state index contributed by atoms with van der Waals surface area (Å²) in [5, 5.41) is 5.79. The summed E-state index contributed by atoms with van der Waals surface area (Å²) in [6.45, 7) is 0.494. The molecular weight excluding hydrogens is 282 g/mol. The third-order valence-corrected chi connectivity index (χ3v) is 4.98. The Morgan fingerprint density at radius 2 is 2.00 bits per heavy atom. The van der Waals surface area contributed by atoms with Crippen molar-refractivity contribution < 1.29 is 4.79 Å². The van der Waals surface area contributed by atoms with E-state index in [-0.39, 0.29) is 11.4 Å². The van der Waals surface area contributed by atoms with Gasteiger partial charge in [-0.25, -0.2) is 4.98 Å². The van der Waals surface area contributed by atoms with Crippen LogP contribution in [0.15, 0.2) is 35.7 Å². The maximum absolute atomic E-state index is 12.4. The summed E-state index contributed by atoms with van der Waals surface area (Å²) in [6, 6.07) is 9.91. The van der Waals surface area contributed by atoms with Gasteiger partial charge in [-0.3, -0.25) is 4.79 Å². The second-order valence-corrected chi connectivity index (χ2v) is 6.41. The molecule has 0 atom stereocenters. The van der Waals surface area contributed by atoms with E-state index in [0.717, 1.165) is 36.3 Å². The van der Waals surface area contributed by atoms with E-state index in [1.54, 1.807) is 0 Å². The molecule has 3 rings (SSSR count). The molecule has 110 valence electrons. The van der Waals surface area contributed by atoms with Gasteiger partial charge in [-0.1, -0.05) is 43.2 Å². The first-order chi connectivity index (χ1) is 10.2. The molecule has 1 aliphatic rings. The van der Waals surface area contributed by atoms with Crippen molar-refractivity contribution in [3.8, 4) is 10.6 Å². The molecule has 4 nitrogen and oxygen atoms in total. The number of aromatic nitrogens is 1. The maximum Gasteiger partial charge on any atom is 0.271 e. The molecule has 5 heteroatoms. The van der Waals surface area contributed by atoms with Crippen LogP contribution >= 0.6 is 11.3 Å². The van der Waals surface area contributed by atoms with Gasteiger partial charge in [0, 0.05) is 17.5 Å². The SMILES string of the molecule is NCC1(NC(=O)c2csc(-c3ccccc3)n2)CCCC1. The van der Waals surface area contributed by atoms with Gasteiger partial charge in [0.25, 0.3) is 5.91 Å². The fourth-order valence-corrected chi connectivity index (χ4v) is 3.63. The summed E-state index contributed by atoms with van der Waals surface area (Å²) >= 11 is 1.49. The first-order valence-electron chi connectivity index (χ1n) is 7.26. The highest BCUT2D eigenvalue weighted by molar-refractivity contribution is 7.13. The molecule has 3 N–H and O–H groups in total. The van der Waals surface area contributed by atoms with Crippen molar-refractivity contribution in [2.45, 2.75) is 31.2 Å². The second-order valence-electron chi connectivity index (χ2n) is 5.55. The third-order valence-electron chi connectivity index (χ3n) is 4.09. The number of carbonyl (C=O) groups excluding carboxylic acids is 1. The van der Waals surface area contributed by atoms with Gasteiger partial charge in [0.05, 0.1) is 5.54 Å². The number of nitrogens with one attached hydrogen (secondary N) is 1. The van der Waals surface area contributed by atoms with Gasteiger partial charge in [0.1, 0.15) is 10.7 Å². The van der Waals surface area contributed by atoms with Gasteiger partial charge in [0.2, 0.25) is 0 Å². The lowest BCUT2D eigenvalue weighted by Crippen LogP contribution is -2.51. The highest BCUT2D eigenvalue weighted by atomic mass is 32.1. The molecule has 1 aromatic carbocycles. The summed E-state index contributed by atoms with van der Waals surface area (Å²) < 4.78 is 0. The zero-order valence-corrected chi connectivity index (χ0v) is 12.7. The Morgan fingerprint density at radius 3 is 2.67 bits per heavy atom. The first-order valence-corrected chi connectivity index (χ1v) is 8.14. The monoisotopic (exact) mass is 301 g/mol. The normalized spacial score (nSPS) is 16.8. The Hall–Kier alpha value is -1.72. The van der Waals surface area contributed by atoms with Gasteiger partial charge in [-0.2, -0.15) is 0 Å². The van der Waals surface area contributed by atoms with E-state index < -0.39 is 0 Å². The predicted octanol–water partition coefficient (Wildman–Crippen LogP) is 2.81. The van der Waals surface area contributed by atoms with Crippen molar-refractivity contribution in [1.82, 2.24) is 10.3 Å². The lowest BCUT2D eigenvalue weighted by molar-refractivity contribution is 0.0898. The quantitative estimate of drug-likeness (QED) is 0.912. The zero-order chi connectivity index (χ0) is 14.7. The van der Waals surface area contributed by atoms with Crippen molar-refractivity contribution in [1.29, 1.82) is 0 Å². The Labute approximate surface area is 128 Å². The topological polar surface area (TPSA) is 68.0 Å². The van der Waals surface area contributed by atoms with Gasteiger partial charge in [-0.05, 0) is 12.8 Å². The number of rotatable bonds is 4. The average molecular weight is 301 g/mol. The van der Waals surface area contributed by atoms with Crippen molar-refractivity contribution in [3.63, 3.8) is 0 Å². The van der Waals surface area contributed by atoms with E-state index in [0.29, 0.717) is 12.2 Å². The van der Waals surface area contributed by atoms with Gasteiger partial charge < -0.3 is 11.1 Å².